The molecular formula is C12H19N3O2S. The van der Waals surface area contributed by atoms with Crippen LogP contribution in [0.1, 0.15) is 25.5 Å². The average Bonchev–Trinajstić information content (AvgIpc) is 3.12. The van der Waals surface area contributed by atoms with Gasteiger partial charge in [-0.3, -0.25) is 9.71 Å². The summed E-state index contributed by atoms with van der Waals surface area (Å²) < 4.78 is 26.6. The van der Waals surface area contributed by atoms with Crippen LogP contribution >= 0.6 is 0 Å². The molecule has 0 aromatic carbocycles. The first-order valence-corrected chi connectivity index (χ1v) is 7.69. The maximum atomic E-state index is 12.0. The lowest BCUT2D eigenvalue weighted by Gasteiger charge is -2.15. The number of nitrogens with one attached hydrogen (secondary N) is 2. The molecule has 0 spiro atoms. The molecule has 1 aliphatic carbocycles. The standard InChI is InChI=1S/C12H19N3O2S/c1-9-3-4-12(8-13-9)15-18(16,17)10(2)7-14-11-5-6-11/h3-4,8,10-11,14-15H,5-7H2,1-2H3. The van der Waals surface area contributed by atoms with Crippen LogP contribution in [-0.4, -0.2) is 31.2 Å². The van der Waals surface area contributed by atoms with Gasteiger partial charge in [-0.05, 0) is 38.8 Å². The monoisotopic (exact) mass is 269 g/mol. The maximum absolute atomic E-state index is 12.0. The minimum absolute atomic E-state index is 0.459. The molecule has 1 unspecified atom stereocenters. The third-order valence-corrected chi connectivity index (χ3v) is 4.72. The van der Waals surface area contributed by atoms with E-state index in [4.69, 9.17) is 0 Å². The summed E-state index contributed by atoms with van der Waals surface area (Å²) in [5.74, 6) is 0. The molecule has 0 bridgehead atoms. The topological polar surface area (TPSA) is 71.1 Å². The van der Waals surface area contributed by atoms with Gasteiger partial charge in [0.1, 0.15) is 0 Å². The average molecular weight is 269 g/mol. The Hall–Kier alpha value is -1.14. The van der Waals surface area contributed by atoms with Gasteiger partial charge < -0.3 is 5.32 Å². The molecule has 100 valence electrons. The molecule has 5 nitrogen and oxygen atoms in total. The molecular weight excluding hydrogens is 250 g/mol. The minimum Gasteiger partial charge on any atom is -0.313 e. The van der Waals surface area contributed by atoms with Crippen LogP contribution in [0.25, 0.3) is 0 Å². The van der Waals surface area contributed by atoms with Crippen molar-refractivity contribution in [1.29, 1.82) is 0 Å². The van der Waals surface area contributed by atoms with Gasteiger partial charge in [0, 0.05) is 18.3 Å². The van der Waals surface area contributed by atoms with Gasteiger partial charge in [-0.25, -0.2) is 8.42 Å². The van der Waals surface area contributed by atoms with E-state index in [1.165, 1.54) is 6.20 Å². The highest BCUT2D eigenvalue weighted by Gasteiger charge is 2.25. The van der Waals surface area contributed by atoms with Gasteiger partial charge >= 0.3 is 0 Å². The lowest BCUT2D eigenvalue weighted by molar-refractivity contribution is 0.576. The summed E-state index contributed by atoms with van der Waals surface area (Å²) in [5, 5.41) is 2.76. The Morgan fingerprint density at radius 3 is 2.72 bits per heavy atom. The summed E-state index contributed by atoms with van der Waals surface area (Å²) in [6.07, 6.45) is 3.85. The SMILES string of the molecule is Cc1ccc(NS(=O)(=O)C(C)CNC2CC2)cn1. The summed E-state index contributed by atoms with van der Waals surface area (Å²) in [4.78, 5) is 4.06. The first-order valence-electron chi connectivity index (χ1n) is 6.15. The van der Waals surface area contributed by atoms with Crippen LogP contribution in [-0.2, 0) is 10.0 Å². The van der Waals surface area contributed by atoms with Crippen LogP contribution < -0.4 is 10.0 Å². The lowest BCUT2D eigenvalue weighted by atomic mass is 10.4. The highest BCUT2D eigenvalue weighted by molar-refractivity contribution is 7.93. The van der Waals surface area contributed by atoms with Crippen molar-refractivity contribution in [2.24, 2.45) is 0 Å². The van der Waals surface area contributed by atoms with Gasteiger partial charge in [0.15, 0.2) is 0 Å². The summed E-state index contributed by atoms with van der Waals surface area (Å²) in [5.41, 5.74) is 1.38. The highest BCUT2D eigenvalue weighted by Crippen LogP contribution is 2.19. The molecule has 2 rings (SSSR count). The number of hydrogen-bond acceptors (Lipinski definition) is 4. The molecule has 1 fully saturated rings. The molecule has 1 heterocycles. The number of anilines is 1. The Bertz CT molecular complexity index is 495. The van der Waals surface area contributed by atoms with Crippen molar-refractivity contribution in [2.45, 2.75) is 38.0 Å². The fraction of sp³-hybridized carbons (Fsp3) is 0.583. The van der Waals surface area contributed by atoms with Crippen LogP contribution in [0, 0.1) is 6.92 Å². The molecule has 0 radical (unpaired) electrons. The first-order chi connectivity index (χ1) is 8.47. The van der Waals surface area contributed by atoms with Gasteiger partial charge in [0.2, 0.25) is 10.0 Å². The van der Waals surface area contributed by atoms with E-state index in [2.05, 4.69) is 15.0 Å². The zero-order valence-electron chi connectivity index (χ0n) is 10.7. The normalized spacial score (nSPS) is 17.4. The quantitative estimate of drug-likeness (QED) is 0.816. The Morgan fingerprint density at radius 1 is 1.44 bits per heavy atom. The van der Waals surface area contributed by atoms with Crippen molar-refractivity contribution in [3.05, 3.63) is 24.0 Å². The molecule has 0 amide bonds. The number of hydrogen-bond donors (Lipinski definition) is 2. The van der Waals surface area contributed by atoms with Crippen LogP contribution in [0.4, 0.5) is 5.69 Å². The highest BCUT2D eigenvalue weighted by atomic mass is 32.2. The van der Waals surface area contributed by atoms with E-state index in [1.54, 1.807) is 19.1 Å². The number of pyridine rings is 1. The van der Waals surface area contributed by atoms with E-state index in [-0.39, 0.29) is 0 Å². The van der Waals surface area contributed by atoms with Crippen LogP contribution in [0.3, 0.4) is 0 Å². The first kappa shape index (κ1) is 13.3. The number of sulfonamides is 1. The molecule has 0 saturated heterocycles. The molecule has 0 aliphatic heterocycles. The van der Waals surface area contributed by atoms with Crippen molar-refractivity contribution in [3.8, 4) is 0 Å². The van der Waals surface area contributed by atoms with Gasteiger partial charge in [0.25, 0.3) is 0 Å². The molecule has 1 aromatic heterocycles. The van der Waals surface area contributed by atoms with E-state index < -0.39 is 15.3 Å². The second-order valence-corrected chi connectivity index (χ2v) is 6.93. The molecule has 2 N–H and O–H groups in total. The van der Waals surface area contributed by atoms with Crippen molar-refractivity contribution in [1.82, 2.24) is 10.3 Å². The second-order valence-electron chi connectivity index (χ2n) is 4.83. The Labute approximate surface area is 108 Å². The fourth-order valence-corrected chi connectivity index (χ4v) is 2.49. The Balaban J connectivity index is 1.94. The second kappa shape index (κ2) is 5.24. The van der Waals surface area contributed by atoms with E-state index in [0.29, 0.717) is 18.3 Å². The largest absolute Gasteiger partial charge is 0.313 e. The minimum atomic E-state index is -3.35. The van der Waals surface area contributed by atoms with Crippen molar-refractivity contribution >= 4 is 15.7 Å². The molecule has 1 aliphatic rings. The van der Waals surface area contributed by atoms with Crippen LogP contribution in [0.15, 0.2) is 18.3 Å². The predicted molar refractivity (Wildman–Crippen MR) is 72.0 cm³/mol. The van der Waals surface area contributed by atoms with Crippen LogP contribution in [0.5, 0.6) is 0 Å². The van der Waals surface area contributed by atoms with Gasteiger partial charge in [-0.2, -0.15) is 0 Å². The summed E-state index contributed by atoms with van der Waals surface area (Å²) in [7, 11) is -3.35. The Kier molecular flexibility index (Phi) is 3.87. The number of aromatic nitrogens is 1. The van der Waals surface area contributed by atoms with Gasteiger partial charge in [0.05, 0.1) is 17.1 Å². The zero-order valence-corrected chi connectivity index (χ0v) is 11.5. The third-order valence-electron chi connectivity index (χ3n) is 2.97. The zero-order chi connectivity index (χ0) is 13.2. The van der Waals surface area contributed by atoms with Crippen molar-refractivity contribution in [3.63, 3.8) is 0 Å². The van der Waals surface area contributed by atoms with E-state index in [1.807, 2.05) is 6.92 Å². The summed E-state index contributed by atoms with van der Waals surface area (Å²) in [6.45, 7) is 4.05. The van der Waals surface area contributed by atoms with Crippen LogP contribution in [0.2, 0.25) is 0 Å². The third kappa shape index (κ3) is 3.68. The summed E-state index contributed by atoms with van der Waals surface area (Å²) in [6, 6.07) is 4.02. The van der Waals surface area contributed by atoms with E-state index in [0.717, 1.165) is 18.5 Å². The predicted octanol–water partition coefficient (Wildman–Crippen LogP) is 1.27. The number of nitrogens with zero attached hydrogens (tertiary/aromatic N) is 1. The van der Waals surface area contributed by atoms with Crippen molar-refractivity contribution < 1.29 is 8.42 Å². The molecule has 6 heteroatoms. The maximum Gasteiger partial charge on any atom is 0.236 e. The van der Waals surface area contributed by atoms with Gasteiger partial charge in [-0.1, -0.05) is 0 Å². The summed E-state index contributed by atoms with van der Waals surface area (Å²) >= 11 is 0. The van der Waals surface area contributed by atoms with Gasteiger partial charge in [-0.15, -0.1) is 0 Å². The van der Waals surface area contributed by atoms with E-state index in [9.17, 15) is 8.42 Å². The molecule has 1 aromatic rings. The lowest BCUT2D eigenvalue weighted by Crippen LogP contribution is -2.35. The molecule has 1 saturated carbocycles. The molecule has 1 atom stereocenters. The Morgan fingerprint density at radius 2 is 2.17 bits per heavy atom. The number of rotatable bonds is 6. The van der Waals surface area contributed by atoms with Crippen molar-refractivity contribution in [2.75, 3.05) is 11.3 Å². The molecule has 18 heavy (non-hydrogen) atoms. The fourth-order valence-electron chi connectivity index (χ4n) is 1.52. The number of aryl methyl sites for hydroxylation is 1. The smallest absolute Gasteiger partial charge is 0.236 e. The van der Waals surface area contributed by atoms with E-state index >= 15 is 0 Å².